The Morgan fingerprint density at radius 3 is 3.04 bits per heavy atom. The Labute approximate surface area is 154 Å². The van der Waals surface area contributed by atoms with Gasteiger partial charge in [-0.3, -0.25) is 4.40 Å². The van der Waals surface area contributed by atoms with Crippen molar-refractivity contribution in [2.45, 2.75) is 18.5 Å². The van der Waals surface area contributed by atoms with Crippen molar-refractivity contribution in [2.75, 3.05) is 18.0 Å². The van der Waals surface area contributed by atoms with Crippen molar-refractivity contribution in [1.29, 1.82) is 0 Å². The van der Waals surface area contributed by atoms with Gasteiger partial charge in [0, 0.05) is 60.9 Å². The third-order valence-corrected chi connectivity index (χ3v) is 5.62. The molecule has 0 amide bonds. The molecule has 27 heavy (non-hydrogen) atoms. The van der Waals surface area contributed by atoms with Gasteiger partial charge in [0.15, 0.2) is 0 Å². The number of nitrogens with one attached hydrogen (secondary N) is 1. The van der Waals surface area contributed by atoms with Crippen molar-refractivity contribution in [3.8, 4) is 11.3 Å². The van der Waals surface area contributed by atoms with E-state index < -0.39 is 0 Å². The van der Waals surface area contributed by atoms with E-state index in [1.165, 1.54) is 6.42 Å². The summed E-state index contributed by atoms with van der Waals surface area (Å²) in [6, 6.07) is 10.9. The second-order valence-corrected chi connectivity index (χ2v) is 7.27. The van der Waals surface area contributed by atoms with Gasteiger partial charge < -0.3 is 14.6 Å². The van der Waals surface area contributed by atoms with E-state index in [9.17, 15) is 4.79 Å². The van der Waals surface area contributed by atoms with Gasteiger partial charge in [-0.15, -0.1) is 0 Å². The van der Waals surface area contributed by atoms with Crippen molar-refractivity contribution in [3.05, 3.63) is 59.3 Å². The maximum absolute atomic E-state index is 12.6. The van der Waals surface area contributed by atoms with Gasteiger partial charge >= 0.3 is 5.63 Å². The first kappa shape index (κ1) is 14.9. The molecule has 2 saturated heterocycles. The smallest absolute Gasteiger partial charge is 0.345 e. The minimum atomic E-state index is -0.382. The molecule has 2 bridgehead atoms. The van der Waals surface area contributed by atoms with Crippen LogP contribution in [0.3, 0.4) is 0 Å². The van der Waals surface area contributed by atoms with Crippen LogP contribution in [0.25, 0.3) is 28.0 Å². The Morgan fingerprint density at radius 2 is 2.22 bits per heavy atom. The number of fused-ring (bicyclic) bond motifs is 4. The fourth-order valence-corrected chi connectivity index (χ4v) is 4.29. The summed E-state index contributed by atoms with van der Waals surface area (Å²) in [6.07, 6.45) is 6.51. The number of hydrogen-bond donors (Lipinski definition) is 1. The molecule has 0 aliphatic carbocycles. The van der Waals surface area contributed by atoms with Crippen molar-refractivity contribution in [2.24, 2.45) is 0 Å². The van der Waals surface area contributed by atoms with Crippen LogP contribution in [0.2, 0.25) is 0 Å². The minimum Gasteiger partial charge on any atom is -0.422 e. The lowest BCUT2D eigenvalue weighted by Gasteiger charge is -2.29. The number of aromatic nitrogens is 3. The molecule has 2 aliphatic heterocycles. The van der Waals surface area contributed by atoms with Gasteiger partial charge in [0.05, 0.1) is 11.3 Å². The van der Waals surface area contributed by atoms with E-state index in [2.05, 4.69) is 26.3 Å². The molecule has 7 nitrogen and oxygen atoms in total. The van der Waals surface area contributed by atoms with Gasteiger partial charge in [0.25, 0.3) is 0 Å². The van der Waals surface area contributed by atoms with E-state index in [0.29, 0.717) is 34.7 Å². The Kier molecular flexibility index (Phi) is 2.99. The van der Waals surface area contributed by atoms with Crippen LogP contribution >= 0.6 is 0 Å². The number of rotatable bonds is 2. The molecule has 2 unspecified atom stereocenters. The predicted octanol–water partition coefficient (Wildman–Crippen LogP) is 2.05. The third kappa shape index (κ3) is 2.28. The molecule has 6 rings (SSSR count). The number of piperazine rings is 1. The van der Waals surface area contributed by atoms with Gasteiger partial charge in [0.2, 0.25) is 5.78 Å². The first-order valence-corrected chi connectivity index (χ1v) is 9.13. The molecule has 3 aromatic heterocycles. The van der Waals surface area contributed by atoms with Crippen molar-refractivity contribution in [3.63, 3.8) is 0 Å². The summed E-state index contributed by atoms with van der Waals surface area (Å²) in [4.78, 5) is 23.7. The highest BCUT2D eigenvalue weighted by Crippen LogP contribution is 2.31. The molecule has 0 saturated carbocycles. The van der Waals surface area contributed by atoms with E-state index in [0.717, 1.165) is 24.2 Å². The molecule has 134 valence electrons. The molecule has 1 aromatic carbocycles. The predicted molar refractivity (Wildman–Crippen MR) is 102 cm³/mol. The number of imidazole rings is 1. The Bertz CT molecular complexity index is 1210. The Balaban J connectivity index is 1.44. The highest BCUT2D eigenvalue weighted by Gasteiger charge is 2.37. The molecule has 2 aliphatic rings. The molecule has 4 aromatic rings. The summed E-state index contributed by atoms with van der Waals surface area (Å²) in [6.45, 7) is 2.03. The first-order chi connectivity index (χ1) is 13.2. The number of hydrogen-bond acceptors (Lipinski definition) is 6. The SMILES string of the molecule is O=c1oc2cc(N3CC4CC3CN4)ccc2cc1-c1cn2cccnc2n1. The lowest BCUT2D eigenvalue weighted by molar-refractivity contribution is 0.561. The summed E-state index contributed by atoms with van der Waals surface area (Å²) in [7, 11) is 0. The lowest BCUT2D eigenvalue weighted by Crippen LogP contribution is -2.43. The zero-order valence-corrected chi connectivity index (χ0v) is 14.5. The minimum absolute atomic E-state index is 0.382. The highest BCUT2D eigenvalue weighted by atomic mass is 16.4. The summed E-state index contributed by atoms with van der Waals surface area (Å²) in [5, 5.41) is 4.40. The average molecular weight is 359 g/mol. The first-order valence-electron chi connectivity index (χ1n) is 9.13. The molecule has 2 atom stereocenters. The number of benzene rings is 1. The molecule has 5 heterocycles. The number of anilines is 1. The van der Waals surface area contributed by atoms with Gasteiger partial charge in [-0.05, 0) is 30.7 Å². The summed E-state index contributed by atoms with van der Waals surface area (Å²) < 4.78 is 7.45. The number of nitrogens with zero attached hydrogens (tertiary/aromatic N) is 4. The van der Waals surface area contributed by atoms with E-state index in [-0.39, 0.29) is 5.63 Å². The van der Waals surface area contributed by atoms with E-state index in [1.807, 2.05) is 30.5 Å². The Morgan fingerprint density at radius 1 is 1.26 bits per heavy atom. The quantitative estimate of drug-likeness (QED) is 0.552. The monoisotopic (exact) mass is 359 g/mol. The van der Waals surface area contributed by atoms with Crippen LogP contribution in [0.5, 0.6) is 0 Å². The standard InChI is InChI=1S/C20H17N5O2/c26-19-16(17-11-24-5-1-4-21-20(24)23-17)6-12-2-3-14(8-18(12)27-19)25-10-13-7-15(25)9-22-13/h1-6,8,11,13,15,22H,7,9-10H2. The molecular weight excluding hydrogens is 342 g/mol. The zero-order valence-electron chi connectivity index (χ0n) is 14.5. The molecule has 2 fully saturated rings. The summed E-state index contributed by atoms with van der Waals surface area (Å²) in [5.74, 6) is 0.556. The van der Waals surface area contributed by atoms with Gasteiger partial charge in [0.1, 0.15) is 5.58 Å². The van der Waals surface area contributed by atoms with Crippen LogP contribution in [0, 0.1) is 0 Å². The van der Waals surface area contributed by atoms with Crippen molar-refractivity contribution < 1.29 is 4.42 Å². The van der Waals surface area contributed by atoms with Crippen LogP contribution in [-0.4, -0.2) is 39.5 Å². The van der Waals surface area contributed by atoms with E-state index in [1.54, 1.807) is 16.8 Å². The normalized spacial score (nSPS) is 21.6. The van der Waals surface area contributed by atoms with Crippen LogP contribution in [0.1, 0.15) is 6.42 Å². The van der Waals surface area contributed by atoms with Crippen LogP contribution in [-0.2, 0) is 0 Å². The average Bonchev–Trinajstić information content (AvgIpc) is 3.41. The van der Waals surface area contributed by atoms with Gasteiger partial charge in [-0.25, -0.2) is 14.8 Å². The van der Waals surface area contributed by atoms with Crippen molar-refractivity contribution in [1.82, 2.24) is 19.7 Å². The Hall–Kier alpha value is -3.19. The molecular formula is C20H17N5O2. The lowest BCUT2D eigenvalue weighted by atomic mass is 10.1. The maximum atomic E-state index is 12.6. The van der Waals surface area contributed by atoms with Crippen LogP contribution in [0.15, 0.2) is 58.1 Å². The largest absolute Gasteiger partial charge is 0.422 e. The summed E-state index contributed by atoms with van der Waals surface area (Å²) in [5.41, 5.74) is 2.36. The fourth-order valence-electron chi connectivity index (χ4n) is 4.29. The topological polar surface area (TPSA) is 75.7 Å². The second kappa shape index (κ2) is 5.40. The van der Waals surface area contributed by atoms with E-state index in [4.69, 9.17) is 4.42 Å². The molecule has 7 heteroatoms. The van der Waals surface area contributed by atoms with Crippen LogP contribution in [0.4, 0.5) is 5.69 Å². The van der Waals surface area contributed by atoms with Crippen molar-refractivity contribution >= 4 is 22.4 Å². The second-order valence-electron chi connectivity index (χ2n) is 7.27. The van der Waals surface area contributed by atoms with Crippen LogP contribution < -0.4 is 15.8 Å². The zero-order chi connectivity index (χ0) is 18.0. The molecule has 1 N–H and O–H groups in total. The molecule has 0 radical (unpaired) electrons. The maximum Gasteiger partial charge on any atom is 0.345 e. The third-order valence-electron chi connectivity index (χ3n) is 5.62. The van der Waals surface area contributed by atoms with Gasteiger partial charge in [-0.1, -0.05) is 0 Å². The van der Waals surface area contributed by atoms with Gasteiger partial charge in [-0.2, -0.15) is 0 Å². The highest BCUT2D eigenvalue weighted by molar-refractivity contribution is 5.84. The fraction of sp³-hybridized carbons (Fsp3) is 0.250. The molecule has 0 spiro atoms. The summed E-state index contributed by atoms with van der Waals surface area (Å²) >= 11 is 0. The van der Waals surface area contributed by atoms with E-state index >= 15 is 0 Å².